The third kappa shape index (κ3) is 5.29. The minimum absolute atomic E-state index is 0.0780. The second-order valence-corrected chi connectivity index (χ2v) is 10.9. The lowest BCUT2D eigenvalue weighted by molar-refractivity contribution is -0.117. The summed E-state index contributed by atoms with van der Waals surface area (Å²) in [5.41, 5.74) is 7.09. The quantitative estimate of drug-likeness (QED) is 0.208. The Balaban J connectivity index is 1.51. The summed E-state index contributed by atoms with van der Waals surface area (Å²) in [4.78, 5) is 25.7. The highest BCUT2D eigenvalue weighted by atomic mass is 35.5. The fourth-order valence-electron chi connectivity index (χ4n) is 3.63. The van der Waals surface area contributed by atoms with E-state index in [1.165, 1.54) is 48.5 Å². The highest BCUT2D eigenvalue weighted by Gasteiger charge is 2.67. The Kier molecular flexibility index (Phi) is 7.36. The Labute approximate surface area is 229 Å². The summed E-state index contributed by atoms with van der Waals surface area (Å²) in [6, 6.07) is 11.3. The van der Waals surface area contributed by atoms with Crippen molar-refractivity contribution in [1.29, 1.82) is 0 Å². The number of carbonyl (C=O) groups excluding carboxylic acids is 2. The van der Waals surface area contributed by atoms with Crippen molar-refractivity contribution in [3.63, 3.8) is 0 Å². The maximum atomic E-state index is 13.5. The second-order valence-electron chi connectivity index (χ2n) is 7.79. The van der Waals surface area contributed by atoms with E-state index >= 15 is 0 Å². The van der Waals surface area contributed by atoms with Gasteiger partial charge in [0.05, 0.1) is 37.3 Å². The molecule has 0 heterocycles. The number of carbonyl (C=O) groups is 2. The van der Waals surface area contributed by atoms with Gasteiger partial charge < -0.3 is 16.4 Å². The van der Waals surface area contributed by atoms with Crippen LogP contribution in [0.25, 0.3) is 0 Å². The molecule has 1 saturated carbocycles. The fourth-order valence-corrected chi connectivity index (χ4v) is 5.33. The molecule has 0 unspecified atom stereocenters. The number of nitrogen functional groups attached to an aromatic ring is 1. The molecule has 182 valence electrons. The molecule has 3 aromatic rings. The van der Waals surface area contributed by atoms with Gasteiger partial charge in [-0.15, -0.1) is 23.2 Å². The maximum absolute atomic E-state index is 13.5. The monoisotopic (exact) mass is 593 g/mol. The van der Waals surface area contributed by atoms with Crippen LogP contribution in [0.15, 0.2) is 48.5 Å². The van der Waals surface area contributed by atoms with Gasteiger partial charge in [0.2, 0.25) is 5.91 Å². The van der Waals surface area contributed by atoms with Crippen LogP contribution in [0.3, 0.4) is 0 Å². The first-order chi connectivity index (χ1) is 16.4. The van der Waals surface area contributed by atoms with Gasteiger partial charge in [-0.2, -0.15) is 0 Å². The predicted molar refractivity (Wildman–Crippen MR) is 141 cm³/mol. The maximum Gasteiger partial charge on any atom is 0.257 e. The summed E-state index contributed by atoms with van der Waals surface area (Å²) in [6.45, 7) is 0. The number of anilines is 3. The zero-order valence-electron chi connectivity index (χ0n) is 17.3. The number of amides is 2. The van der Waals surface area contributed by atoms with E-state index in [9.17, 15) is 14.0 Å². The van der Waals surface area contributed by atoms with Crippen molar-refractivity contribution in [3.05, 3.63) is 85.6 Å². The van der Waals surface area contributed by atoms with Crippen molar-refractivity contribution in [2.45, 2.75) is 10.3 Å². The summed E-state index contributed by atoms with van der Waals surface area (Å²) in [7, 11) is 0. The number of alkyl halides is 2. The predicted octanol–water partition coefficient (Wildman–Crippen LogP) is 7.80. The van der Waals surface area contributed by atoms with Crippen LogP contribution in [0.4, 0.5) is 21.5 Å². The van der Waals surface area contributed by atoms with E-state index in [4.69, 9.17) is 75.3 Å². The fraction of sp³-hybridized carbons (Fsp3) is 0.130. The first kappa shape index (κ1) is 26.1. The van der Waals surface area contributed by atoms with Gasteiger partial charge in [0.1, 0.15) is 10.2 Å². The molecule has 5 nitrogen and oxygen atoms in total. The van der Waals surface area contributed by atoms with Gasteiger partial charge >= 0.3 is 0 Å². The lowest BCUT2D eigenvalue weighted by Gasteiger charge is -2.11. The van der Waals surface area contributed by atoms with E-state index < -0.39 is 33.8 Å². The molecule has 4 N–H and O–H groups in total. The van der Waals surface area contributed by atoms with Crippen LogP contribution in [0.1, 0.15) is 21.8 Å². The summed E-state index contributed by atoms with van der Waals surface area (Å²) in [6.07, 6.45) is 0. The average molecular weight is 596 g/mol. The normalized spacial score (nSPS) is 18.1. The SMILES string of the molecule is Nc1c(Cl)cc(NC(=O)c2cc(NC(=O)[C@H]3[C@H](c4ccc(F)c(Cl)c4)C3(Cl)Cl)ccc2Cl)cc1Cl. The van der Waals surface area contributed by atoms with Gasteiger partial charge in [-0.25, -0.2) is 4.39 Å². The molecule has 0 bridgehead atoms. The molecule has 0 saturated heterocycles. The second kappa shape index (κ2) is 9.85. The van der Waals surface area contributed by atoms with Crippen LogP contribution in [0.5, 0.6) is 0 Å². The largest absolute Gasteiger partial charge is 0.396 e. The van der Waals surface area contributed by atoms with E-state index in [1.807, 2.05) is 0 Å². The van der Waals surface area contributed by atoms with E-state index in [0.717, 1.165) is 0 Å². The van der Waals surface area contributed by atoms with E-state index in [2.05, 4.69) is 10.6 Å². The van der Waals surface area contributed by atoms with Crippen molar-refractivity contribution in [1.82, 2.24) is 0 Å². The molecule has 0 aromatic heterocycles. The summed E-state index contributed by atoms with van der Waals surface area (Å²) >= 11 is 36.8. The van der Waals surface area contributed by atoms with Gasteiger partial charge in [-0.3, -0.25) is 9.59 Å². The van der Waals surface area contributed by atoms with Crippen molar-refractivity contribution >= 4 is 98.5 Å². The molecule has 1 fully saturated rings. The molecule has 2 atom stereocenters. The molecule has 1 aliphatic rings. The Bertz CT molecular complexity index is 1340. The van der Waals surface area contributed by atoms with Gasteiger partial charge in [0.25, 0.3) is 5.91 Å². The Morgan fingerprint density at radius 3 is 2.11 bits per heavy atom. The van der Waals surface area contributed by atoms with Crippen molar-refractivity contribution in [3.8, 4) is 0 Å². The number of nitrogens with two attached hydrogens (primary N) is 1. The van der Waals surface area contributed by atoms with Gasteiger partial charge in [-0.05, 0) is 48.0 Å². The number of nitrogens with one attached hydrogen (secondary N) is 2. The molecule has 0 spiro atoms. The van der Waals surface area contributed by atoms with E-state index in [-0.39, 0.29) is 37.0 Å². The number of hydrogen-bond acceptors (Lipinski definition) is 3. The minimum Gasteiger partial charge on any atom is -0.396 e. The number of benzene rings is 3. The Morgan fingerprint density at radius 1 is 0.829 bits per heavy atom. The molecule has 4 rings (SSSR count). The third-order valence-corrected chi connectivity index (χ3v) is 7.64. The number of hydrogen-bond donors (Lipinski definition) is 3. The molecule has 0 aliphatic heterocycles. The van der Waals surface area contributed by atoms with Crippen LogP contribution in [-0.2, 0) is 4.79 Å². The molecular formula is C23H14Cl6FN3O2. The van der Waals surface area contributed by atoms with Crippen LogP contribution in [0, 0.1) is 11.7 Å². The third-order valence-electron chi connectivity index (χ3n) is 5.45. The zero-order chi connectivity index (χ0) is 25.7. The van der Waals surface area contributed by atoms with Gasteiger partial charge in [0.15, 0.2) is 0 Å². The van der Waals surface area contributed by atoms with Gasteiger partial charge in [0, 0.05) is 17.3 Å². The molecule has 3 aromatic carbocycles. The summed E-state index contributed by atoms with van der Waals surface area (Å²) < 4.78 is 12.1. The number of halogens is 7. The summed E-state index contributed by atoms with van der Waals surface area (Å²) in [5.74, 6) is -3.09. The van der Waals surface area contributed by atoms with Crippen LogP contribution in [-0.4, -0.2) is 16.1 Å². The molecule has 12 heteroatoms. The molecule has 0 radical (unpaired) electrons. The molecule has 1 aliphatic carbocycles. The standard InChI is InChI=1S/C23H14Cl6FN3O2/c24-13-3-2-10(6-12(13)21(34)33-11-7-15(26)20(31)16(27)8-11)32-22(35)19-18(23(19,28)29)9-1-4-17(30)14(25)5-9/h1-8,18-19H,31H2,(H,32,35)(H,33,34)/t18-,19+/m0/s1. The van der Waals surface area contributed by atoms with Crippen LogP contribution in [0.2, 0.25) is 20.1 Å². The summed E-state index contributed by atoms with van der Waals surface area (Å²) in [5, 5.41) is 5.70. The Hall–Kier alpha value is -1.93. The molecule has 35 heavy (non-hydrogen) atoms. The average Bonchev–Trinajstić information content (AvgIpc) is 3.37. The number of rotatable bonds is 5. The lowest BCUT2D eigenvalue weighted by Crippen LogP contribution is -2.18. The minimum atomic E-state index is -1.41. The first-order valence-electron chi connectivity index (χ1n) is 9.89. The zero-order valence-corrected chi connectivity index (χ0v) is 21.8. The van der Waals surface area contributed by atoms with Crippen molar-refractivity contribution in [2.24, 2.45) is 5.92 Å². The van der Waals surface area contributed by atoms with Crippen LogP contribution < -0.4 is 16.4 Å². The van der Waals surface area contributed by atoms with Crippen molar-refractivity contribution in [2.75, 3.05) is 16.4 Å². The Morgan fingerprint density at radius 2 is 1.49 bits per heavy atom. The topological polar surface area (TPSA) is 84.2 Å². The lowest BCUT2D eigenvalue weighted by atomic mass is 10.1. The van der Waals surface area contributed by atoms with Gasteiger partial charge in [-0.1, -0.05) is 52.5 Å². The van der Waals surface area contributed by atoms with E-state index in [0.29, 0.717) is 11.3 Å². The molecular weight excluding hydrogens is 582 g/mol. The van der Waals surface area contributed by atoms with Crippen LogP contribution >= 0.6 is 69.6 Å². The van der Waals surface area contributed by atoms with E-state index in [1.54, 1.807) is 0 Å². The first-order valence-corrected chi connectivity index (χ1v) is 12.2. The smallest absolute Gasteiger partial charge is 0.257 e. The highest BCUT2D eigenvalue weighted by Crippen LogP contribution is 2.65. The molecule has 2 amide bonds. The van der Waals surface area contributed by atoms with Crippen molar-refractivity contribution < 1.29 is 14.0 Å². The highest BCUT2D eigenvalue weighted by molar-refractivity contribution is 6.53.